The Labute approximate surface area is 168 Å². The molecule has 0 aliphatic rings. The summed E-state index contributed by atoms with van der Waals surface area (Å²) in [5.74, 6) is 5.58. The highest BCUT2D eigenvalue weighted by molar-refractivity contribution is 6.42. The number of aliphatic hydroxyl groups excluding tert-OH is 1. The van der Waals surface area contributed by atoms with Crippen LogP contribution in [0.4, 0.5) is 5.69 Å². The van der Waals surface area contributed by atoms with Gasteiger partial charge in [-0.3, -0.25) is 4.79 Å². The lowest BCUT2D eigenvalue weighted by Crippen LogP contribution is -2.33. The molecule has 0 aliphatic carbocycles. The Balaban J connectivity index is 2.08. The van der Waals surface area contributed by atoms with Crippen LogP contribution in [0.15, 0.2) is 53.9 Å². The monoisotopic (exact) mass is 408 g/mol. The van der Waals surface area contributed by atoms with Crippen molar-refractivity contribution in [2.24, 2.45) is 11.6 Å². The number of halogens is 2. The highest BCUT2D eigenvalue weighted by Crippen LogP contribution is 2.23. The van der Waals surface area contributed by atoms with Gasteiger partial charge in [-0.25, -0.2) is 5.84 Å². The Morgan fingerprint density at radius 1 is 1.15 bits per heavy atom. The second-order valence-corrected chi connectivity index (χ2v) is 6.82. The number of hydrazine groups is 1. The highest BCUT2D eigenvalue weighted by Gasteiger charge is 2.14. The Morgan fingerprint density at radius 3 is 2.56 bits per heavy atom. The van der Waals surface area contributed by atoms with E-state index in [1.165, 1.54) is 5.01 Å². The van der Waals surface area contributed by atoms with E-state index in [4.69, 9.17) is 39.9 Å². The van der Waals surface area contributed by atoms with Gasteiger partial charge in [-0.1, -0.05) is 41.4 Å². The molecule has 0 fully saturated rings. The number of rotatable bonds is 7. The minimum absolute atomic E-state index is 0.00474. The second-order valence-electron chi connectivity index (χ2n) is 6.00. The zero-order valence-electron chi connectivity index (χ0n) is 14.9. The van der Waals surface area contributed by atoms with Crippen molar-refractivity contribution in [3.63, 3.8) is 0 Å². The summed E-state index contributed by atoms with van der Waals surface area (Å²) in [6, 6.07) is 12.4. The van der Waals surface area contributed by atoms with E-state index < -0.39 is 5.91 Å². The molecule has 0 radical (unpaired) electrons. The largest absolute Gasteiger partial charge is 0.396 e. The van der Waals surface area contributed by atoms with Crippen LogP contribution in [0, 0.1) is 0 Å². The standard InChI is InChI=1S/C19H22Cl2N4O2/c1-12(25(23)11-14-5-6-16(20)17(21)10-14)18(22)19(27)24-15-4-2-3-13(9-15)7-8-26/h2-6,9-10,26H,7-8,11,22-23H2,1H3,(H,24,27)/b18-12-. The molecule has 8 heteroatoms. The Hall–Kier alpha value is -2.25. The molecule has 2 aromatic carbocycles. The maximum Gasteiger partial charge on any atom is 0.273 e. The fraction of sp³-hybridized carbons (Fsp3) is 0.211. The summed E-state index contributed by atoms with van der Waals surface area (Å²) in [4.78, 5) is 12.4. The molecule has 1 amide bonds. The van der Waals surface area contributed by atoms with Gasteiger partial charge in [0.05, 0.1) is 22.3 Å². The van der Waals surface area contributed by atoms with Crippen molar-refractivity contribution >= 4 is 34.8 Å². The molecule has 0 aliphatic heterocycles. The number of nitrogens with two attached hydrogens (primary N) is 2. The number of aliphatic hydroxyl groups is 1. The Morgan fingerprint density at radius 2 is 1.89 bits per heavy atom. The van der Waals surface area contributed by atoms with Gasteiger partial charge in [-0.05, 0) is 48.7 Å². The van der Waals surface area contributed by atoms with Crippen LogP contribution in [-0.4, -0.2) is 22.6 Å². The minimum Gasteiger partial charge on any atom is -0.396 e. The van der Waals surface area contributed by atoms with Gasteiger partial charge in [0.2, 0.25) is 0 Å². The van der Waals surface area contributed by atoms with Gasteiger partial charge >= 0.3 is 0 Å². The lowest BCUT2D eigenvalue weighted by Gasteiger charge is -2.21. The van der Waals surface area contributed by atoms with Crippen LogP contribution in [0.1, 0.15) is 18.1 Å². The van der Waals surface area contributed by atoms with Crippen molar-refractivity contribution in [2.75, 3.05) is 11.9 Å². The van der Waals surface area contributed by atoms with Gasteiger partial charge in [0.25, 0.3) is 5.91 Å². The summed E-state index contributed by atoms with van der Waals surface area (Å²) >= 11 is 11.9. The van der Waals surface area contributed by atoms with E-state index in [-0.39, 0.29) is 12.3 Å². The lowest BCUT2D eigenvalue weighted by molar-refractivity contribution is -0.113. The number of hydrogen-bond acceptors (Lipinski definition) is 5. The molecule has 0 saturated carbocycles. The molecular formula is C19H22Cl2N4O2. The first kappa shape index (κ1) is 21.1. The van der Waals surface area contributed by atoms with Crippen molar-refractivity contribution in [1.29, 1.82) is 0 Å². The summed E-state index contributed by atoms with van der Waals surface area (Å²) in [5, 5.41) is 14.0. The van der Waals surface area contributed by atoms with Crippen LogP contribution < -0.4 is 16.9 Å². The minimum atomic E-state index is -0.460. The third-order valence-corrected chi connectivity index (χ3v) is 4.73. The first-order chi connectivity index (χ1) is 12.8. The quantitative estimate of drug-likeness (QED) is 0.320. The molecule has 27 heavy (non-hydrogen) atoms. The average Bonchev–Trinajstić information content (AvgIpc) is 2.64. The van der Waals surface area contributed by atoms with Gasteiger partial charge in [0, 0.05) is 12.3 Å². The van der Waals surface area contributed by atoms with Gasteiger partial charge in [0.15, 0.2) is 0 Å². The molecule has 0 saturated heterocycles. The molecule has 0 spiro atoms. The second kappa shape index (κ2) is 9.62. The predicted octanol–water partition coefficient (Wildman–Crippen LogP) is 3.03. The number of anilines is 1. The topological polar surface area (TPSA) is 105 Å². The zero-order chi connectivity index (χ0) is 20.0. The number of carbonyl (C=O) groups excluding carboxylic acids is 1. The summed E-state index contributed by atoms with van der Waals surface area (Å²) in [6.07, 6.45) is 0.508. The normalized spacial score (nSPS) is 11.7. The number of amides is 1. The van der Waals surface area contributed by atoms with E-state index in [2.05, 4.69) is 5.32 Å². The van der Waals surface area contributed by atoms with Crippen LogP contribution in [0.5, 0.6) is 0 Å². The SMILES string of the molecule is C/C(=C(/N)C(=O)Nc1cccc(CCO)c1)N(N)Cc1ccc(Cl)c(Cl)c1. The third-order valence-electron chi connectivity index (χ3n) is 3.99. The summed E-state index contributed by atoms with van der Waals surface area (Å²) in [6.45, 7) is 2.01. The van der Waals surface area contributed by atoms with Gasteiger partial charge in [0.1, 0.15) is 5.70 Å². The first-order valence-corrected chi connectivity index (χ1v) is 9.01. The number of nitrogens with one attached hydrogen (secondary N) is 1. The van der Waals surface area contributed by atoms with E-state index in [0.29, 0.717) is 34.4 Å². The van der Waals surface area contributed by atoms with E-state index in [1.54, 1.807) is 43.3 Å². The van der Waals surface area contributed by atoms with Crippen molar-refractivity contribution in [3.8, 4) is 0 Å². The Bertz CT molecular complexity index is 855. The lowest BCUT2D eigenvalue weighted by atomic mass is 10.1. The van der Waals surface area contributed by atoms with Crippen LogP contribution in [-0.2, 0) is 17.8 Å². The molecule has 6 nitrogen and oxygen atoms in total. The fourth-order valence-electron chi connectivity index (χ4n) is 2.40. The molecule has 0 heterocycles. The van der Waals surface area contributed by atoms with Crippen LogP contribution in [0.2, 0.25) is 10.0 Å². The number of benzene rings is 2. The molecule has 0 unspecified atom stereocenters. The van der Waals surface area contributed by atoms with Crippen molar-refractivity contribution < 1.29 is 9.90 Å². The average molecular weight is 409 g/mol. The maximum atomic E-state index is 12.4. The van der Waals surface area contributed by atoms with Crippen molar-refractivity contribution in [2.45, 2.75) is 19.9 Å². The summed E-state index contributed by atoms with van der Waals surface area (Å²) in [5.41, 5.74) is 8.73. The zero-order valence-corrected chi connectivity index (χ0v) is 16.4. The number of allylic oxidation sites excluding steroid dienone is 1. The van der Waals surface area contributed by atoms with Crippen LogP contribution in [0.25, 0.3) is 0 Å². The molecule has 0 atom stereocenters. The van der Waals surface area contributed by atoms with E-state index in [1.807, 2.05) is 6.07 Å². The number of hydrogen-bond donors (Lipinski definition) is 4. The molecule has 6 N–H and O–H groups in total. The predicted molar refractivity (Wildman–Crippen MR) is 109 cm³/mol. The van der Waals surface area contributed by atoms with Gasteiger partial charge < -0.3 is 21.2 Å². The maximum absolute atomic E-state index is 12.4. The van der Waals surface area contributed by atoms with Crippen molar-refractivity contribution in [3.05, 3.63) is 75.0 Å². The van der Waals surface area contributed by atoms with Crippen LogP contribution >= 0.6 is 23.2 Å². The highest BCUT2D eigenvalue weighted by atomic mass is 35.5. The molecular weight excluding hydrogens is 387 g/mol. The van der Waals surface area contributed by atoms with E-state index in [9.17, 15) is 4.79 Å². The molecule has 144 valence electrons. The number of carbonyl (C=O) groups is 1. The van der Waals surface area contributed by atoms with Crippen LogP contribution in [0.3, 0.4) is 0 Å². The van der Waals surface area contributed by atoms with E-state index >= 15 is 0 Å². The molecule has 0 bridgehead atoms. The van der Waals surface area contributed by atoms with Crippen molar-refractivity contribution in [1.82, 2.24) is 5.01 Å². The Kier molecular flexibility index (Phi) is 7.50. The number of nitrogens with zero attached hydrogens (tertiary/aromatic N) is 1. The fourth-order valence-corrected chi connectivity index (χ4v) is 2.73. The molecule has 0 aromatic heterocycles. The van der Waals surface area contributed by atoms with Gasteiger partial charge in [-0.2, -0.15) is 0 Å². The summed E-state index contributed by atoms with van der Waals surface area (Å²) in [7, 11) is 0. The first-order valence-electron chi connectivity index (χ1n) is 8.25. The smallest absolute Gasteiger partial charge is 0.273 e. The summed E-state index contributed by atoms with van der Waals surface area (Å²) < 4.78 is 0. The van der Waals surface area contributed by atoms with Gasteiger partial charge in [-0.15, -0.1) is 0 Å². The molecule has 2 aromatic rings. The van der Waals surface area contributed by atoms with E-state index in [0.717, 1.165) is 11.1 Å². The third kappa shape index (κ3) is 5.87. The molecule has 2 rings (SSSR count).